The molecule has 1 saturated carbocycles. The standard InChI is InChI=1S/C25H21FN3O/c1-30-22-15-19(12-13-27-22)24(17-8-5-9-17)23(16-6-3-2-4-7-16)18-10-11-21-20(14-18)25(26)29-28-21/h2-4,6,10-15,17H,5,8-9H2,1H3,(H,28,29)/b24-23+. The summed E-state index contributed by atoms with van der Waals surface area (Å²) >= 11 is 0. The van der Waals surface area contributed by atoms with E-state index in [1.807, 2.05) is 48.5 Å². The van der Waals surface area contributed by atoms with Gasteiger partial charge in [-0.25, -0.2) is 4.98 Å². The highest BCUT2D eigenvalue weighted by Crippen LogP contribution is 2.45. The van der Waals surface area contributed by atoms with Crippen LogP contribution in [0.25, 0.3) is 22.0 Å². The molecule has 4 aromatic rings. The van der Waals surface area contributed by atoms with E-state index in [2.05, 4.69) is 27.3 Å². The van der Waals surface area contributed by atoms with Gasteiger partial charge in [-0.15, -0.1) is 5.10 Å². The number of rotatable bonds is 5. The first-order chi connectivity index (χ1) is 14.7. The lowest BCUT2D eigenvalue weighted by Gasteiger charge is -2.31. The van der Waals surface area contributed by atoms with Gasteiger partial charge < -0.3 is 4.74 Å². The third kappa shape index (κ3) is 3.26. The Labute approximate surface area is 174 Å². The van der Waals surface area contributed by atoms with Crippen molar-refractivity contribution in [3.8, 4) is 5.88 Å². The predicted molar refractivity (Wildman–Crippen MR) is 115 cm³/mol. The van der Waals surface area contributed by atoms with E-state index in [1.54, 1.807) is 13.3 Å². The van der Waals surface area contributed by atoms with Crippen molar-refractivity contribution in [2.45, 2.75) is 19.3 Å². The van der Waals surface area contributed by atoms with Gasteiger partial charge in [0.05, 0.1) is 18.0 Å². The van der Waals surface area contributed by atoms with Crippen molar-refractivity contribution in [2.75, 3.05) is 7.11 Å². The van der Waals surface area contributed by atoms with Gasteiger partial charge in [-0.2, -0.15) is 4.39 Å². The number of nitrogens with zero attached hydrogens (tertiary/aromatic N) is 2. The van der Waals surface area contributed by atoms with E-state index in [0.29, 0.717) is 22.7 Å². The lowest BCUT2D eigenvalue weighted by molar-refractivity contribution is 0.394. The maximum absolute atomic E-state index is 14.3. The van der Waals surface area contributed by atoms with Crippen molar-refractivity contribution in [1.29, 1.82) is 0 Å². The number of fused-ring (bicyclic) bond motifs is 1. The minimum atomic E-state index is -0.487. The molecule has 0 spiro atoms. The Hall–Kier alpha value is -3.47. The Bertz CT molecular complexity index is 1230. The van der Waals surface area contributed by atoms with Crippen molar-refractivity contribution in [3.05, 3.63) is 89.5 Å². The molecule has 0 amide bonds. The van der Waals surface area contributed by atoms with Crippen LogP contribution < -0.4 is 4.74 Å². The van der Waals surface area contributed by atoms with Crippen molar-refractivity contribution < 1.29 is 9.13 Å². The van der Waals surface area contributed by atoms with Crippen LogP contribution in [-0.4, -0.2) is 22.3 Å². The molecule has 4 nitrogen and oxygen atoms in total. The van der Waals surface area contributed by atoms with Gasteiger partial charge in [0.1, 0.15) is 0 Å². The largest absolute Gasteiger partial charge is 0.481 e. The summed E-state index contributed by atoms with van der Waals surface area (Å²) in [6.07, 6.45) is 5.23. The first-order valence-corrected chi connectivity index (χ1v) is 10.1. The number of aromatic amines is 1. The topological polar surface area (TPSA) is 50.8 Å². The molecule has 30 heavy (non-hydrogen) atoms. The van der Waals surface area contributed by atoms with Crippen LogP contribution >= 0.6 is 0 Å². The highest BCUT2D eigenvalue weighted by Gasteiger charge is 2.28. The van der Waals surface area contributed by atoms with Gasteiger partial charge in [-0.3, -0.25) is 5.10 Å². The molecule has 1 fully saturated rings. The van der Waals surface area contributed by atoms with Gasteiger partial charge in [-0.1, -0.05) is 36.8 Å². The summed E-state index contributed by atoms with van der Waals surface area (Å²) in [7, 11) is 1.63. The molecule has 2 heterocycles. The van der Waals surface area contributed by atoms with E-state index in [0.717, 1.165) is 35.1 Å². The normalized spacial score (nSPS) is 15.0. The molecule has 1 aliphatic rings. The zero-order valence-corrected chi connectivity index (χ0v) is 16.7. The maximum Gasteiger partial charge on any atom is 0.240 e. The van der Waals surface area contributed by atoms with E-state index in [9.17, 15) is 4.39 Å². The first kappa shape index (κ1) is 18.6. The molecule has 149 valence electrons. The molecule has 2 aromatic heterocycles. The van der Waals surface area contributed by atoms with Crippen LogP contribution in [0.3, 0.4) is 0 Å². The van der Waals surface area contributed by atoms with Gasteiger partial charge in [0.2, 0.25) is 11.8 Å². The summed E-state index contributed by atoms with van der Waals surface area (Å²) in [5.74, 6) is 0.515. The van der Waals surface area contributed by atoms with E-state index in [1.165, 1.54) is 12.0 Å². The molecule has 0 bridgehead atoms. The number of methoxy groups -OCH3 is 1. The number of hydrogen-bond acceptors (Lipinski definition) is 3. The van der Waals surface area contributed by atoms with Gasteiger partial charge in [-0.05, 0) is 70.9 Å². The fourth-order valence-electron chi connectivity index (χ4n) is 4.11. The lowest BCUT2D eigenvalue weighted by atomic mass is 9.73. The molecule has 1 radical (unpaired) electrons. The van der Waals surface area contributed by atoms with Crippen molar-refractivity contribution >= 4 is 22.0 Å². The quantitative estimate of drug-likeness (QED) is 0.472. The third-order valence-corrected chi connectivity index (χ3v) is 5.82. The van der Waals surface area contributed by atoms with Crippen LogP contribution in [-0.2, 0) is 0 Å². The zero-order chi connectivity index (χ0) is 20.5. The monoisotopic (exact) mass is 398 g/mol. The van der Waals surface area contributed by atoms with Crippen molar-refractivity contribution in [3.63, 3.8) is 0 Å². The van der Waals surface area contributed by atoms with E-state index < -0.39 is 5.95 Å². The molecule has 0 atom stereocenters. The molecule has 0 aliphatic heterocycles. The fraction of sp³-hybridized carbons (Fsp3) is 0.200. The van der Waals surface area contributed by atoms with E-state index >= 15 is 0 Å². The number of ether oxygens (including phenoxy) is 1. The smallest absolute Gasteiger partial charge is 0.240 e. The molecule has 0 saturated heterocycles. The summed E-state index contributed by atoms with van der Waals surface area (Å²) in [4.78, 5) is 4.28. The molecule has 5 heteroatoms. The molecule has 1 N–H and O–H groups in total. The average molecular weight is 398 g/mol. The third-order valence-electron chi connectivity index (χ3n) is 5.82. The molecule has 0 unspecified atom stereocenters. The fourth-order valence-corrected chi connectivity index (χ4v) is 4.11. The Morgan fingerprint density at radius 1 is 1.13 bits per heavy atom. The number of H-pyrrole nitrogens is 1. The summed E-state index contributed by atoms with van der Waals surface area (Å²) in [6, 6.07) is 21.1. The zero-order valence-electron chi connectivity index (χ0n) is 16.7. The van der Waals surface area contributed by atoms with E-state index in [4.69, 9.17) is 4.74 Å². The van der Waals surface area contributed by atoms with Crippen molar-refractivity contribution in [2.24, 2.45) is 5.92 Å². The van der Waals surface area contributed by atoms with Gasteiger partial charge >= 0.3 is 0 Å². The molecule has 5 rings (SSSR count). The SMILES string of the molecule is COc1cc(/C(=C(\c2[c]cccc2)c2ccc3[nH]nc(F)c3c2)C2CCC2)ccn1. The average Bonchev–Trinajstić information content (AvgIpc) is 3.13. The Kier molecular flexibility index (Phi) is 4.79. The second-order valence-corrected chi connectivity index (χ2v) is 7.55. The summed E-state index contributed by atoms with van der Waals surface area (Å²) < 4.78 is 19.6. The van der Waals surface area contributed by atoms with Crippen LogP contribution in [0.4, 0.5) is 4.39 Å². The number of hydrogen-bond donors (Lipinski definition) is 1. The number of benzene rings is 2. The molecule has 1 aliphatic carbocycles. The van der Waals surface area contributed by atoms with Gasteiger partial charge in [0.15, 0.2) is 0 Å². The minimum absolute atomic E-state index is 0.422. The number of nitrogens with one attached hydrogen (secondary N) is 1. The summed E-state index contributed by atoms with van der Waals surface area (Å²) in [5, 5.41) is 6.95. The highest BCUT2D eigenvalue weighted by molar-refractivity contribution is 6.01. The van der Waals surface area contributed by atoms with Crippen LogP contribution in [0, 0.1) is 17.9 Å². The van der Waals surface area contributed by atoms with Crippen LogP contribution in [0.2, 0.25) is 0 Å². The number of halogens is 1. The second kappa shape index (κ2) is 7.75. The van der Waals surface area contributed by atoms with Crippen LogP contribution in [0.15, 0.2) is 60.8 Å². The number of allylic oxidation sites excluding steroid dienone is 1. The Morgan fingerprint density at radius 2 is 2.03 bits per heavy atom. The minimum Gasteiger partial charge on any atom is -0.481 e. The van der Waals surface area contributed by atoms with Crippen molar-refractivity contribution in [1.82, 2.24) is 15.2 Å². The molecule has 2 aromatic carbocycles. The highest BCUT2D eigenvalue weighted by atomic mass is 19.1. The van der Waals surface area contributed by atoms with Crippen LogP contribution in [0.5, 0.6) is 5.88 Å². The van der Waals surface area contributed by atoms with Gasteiger partial charge in [0, 0.05) is 12.3 Å². The number of pyridine rings is 1. The molecular formula is C25H21FN3O. The summed E-state index contributed by atoms with van der Waals surface area (Å²) in [5.41, 5.74) is 5.99. The second-order valence-electron chi connectivity index (χ2n) is 7.55. The predicted octanol–water partition coefficient (Wildman–Crippen LogP) is 5.66. The first-order valence-electron chi connectivity index (χ1n) is 10.1. The number of aromatic nitrogens is 3. The maximum atomic E-state index is 14.3. The van der Waals surface area contributed by atoms with Crippen LogP contribution in [0.1, 0.15) is 36.0 Å². The Balaban J connectivity index is 1.81. The summed E-state index contributed by atoms with van der Waals surface area (Å²) in [6.45, 7) is 0. The molecular weight excluding hydrogens is 377 g/mol. The van der Waals surface area contributed by atoms with E-state index in [-0.39, 0.29) is 0 Å². The lowest BCUT2D eigenvalue weighted by Crippen LogP contribution is -2.15. The van der Waals surface area contributed by atoms with Gasteiger partial charge in [0.25, 0.3) is 0 Å². The Morgan fingerprint density at radius 3 is 2.77 bits per heavy atom.